The summed E-state index contributed by atoms with van der Waals surface area (Å²) in [7, 11) is 0. The maximum Gasteiger partial charge on any atom is 0.223 e. The van der Waals surface area contributed by atoms with Crippen LogP contribution in [0.5, 0.6) is 0 Å². The van der Waals surface area contributed by atoms with E-state index in [-0.39, 0.29) is 17.7 Å². The summed E-state index contributed by atoms with van der Waals surface area (Å²) < 4.78 is 0. The predicted octanol–water partition coefficient (Wildman–Crippen LogP) is 4.35. The third-order valence-corrected chi connectivity index (χ3v) is 6.42. The van der Waals surface area contributed by atoms with E-state index in [1.54, 1.807) is 18.3 Å². The van der Waals surface area contributed by atoms with Gasteiger partial charge in [-0.05, 0) is 24.5 Å². The molecule has 5 nitrogen and oxygen atoms in total. The molecule has 2 aromatic carbocycles. The first-order valence-electron chi connectivity index (χ1n) is 10.2. The van der Waals surface area contributed by atoms with Gasteiger partial charge in [-0.2, -0.15) is 0 Å². The van der Waals surface area contributed by atoms with Crippen molar-refractivity contribution >= 4 is 23.2 Å². The maximum atomic E-state index is 12.5. The van der Waals surface area contributed by atoms with Crippen LogP contribution in [0.2, 0.25) is 0 Å². The SMILES string of the molecule is CC(=O)N1CCC(C(=O)NCc2cccc(-c3nc(-c4ccccc4)cs3)c2)CC1. The average molecular weight is 420 g/mol. The second-order valence-electron chi connectivity index (χ2n) is 7.60. The van der Waals surface area contributed by atoms with Crippen molar-refractivity contribution in [2.75, 3.05) is 13.1 Å². The number of carbonyl (C=O) groups is 2. The van der Waals surface area contributed by atoms with Crippen LogP contribution in [0.4, 0.5) is 0 Å². The summed E-state index contributed by atoms with van der Waals surface area (Å²) in [5.74, 6) is 0.142. The van der Waals surface area contributed by atoms with Crippen molar-refractivity contribution in [2.24, 2.45) is 5.92 Å². The molecule has 2 amide bonds. The van der Waals surface area contributed by atoms with Gasteiger partial charge in [-0.15, -0.1) is 11.3 Å². The Bertz CT molecular complexity index is 1020. The molecule has 3 aromatic rings. The molecule has 0 atom stereocenters. The van der Waals surface area contributed by atoms with Crippen LogP contribution in [-0.4, -0.2) is 34.8 Å². The first-order valence-corrected chi connectivity index (χ1v) is 11.1. The van der Waals surface area contributed by atoms with Gasteiger partial charge in [0.2, 0.25) is 11.8 Å². The number of amides is 2. The van der Waals surface area contributed by atoms with E-state index in [0.29, 0.717) is 19.6 Å². The van der Waals surface area contributed by atoms with E-state index in [1.807, 2.05) is 35.2 Å². The van der Waals surface area contributed by atoms with Crippen LogP contribution in [-0.2, 0) is 16.1 Å². The summed E-state index contributed by atoms with van der Waals surface area (Å²) in [4.78, 5) is 30.6. The largest absolute Gasteiger partial charge is 0.352 e. The Labute approximate surface area is 180 Å². The molecule has 0 saturated carbocycles. The molecule has 30 heavy (non-hydrogen) atoms. The van der Waals surface area contributed by atoms with Gasteiger partial charge in [0, 0.05) is 49.0 Å². The number of carbonyl (C=O) groups excluding carboxylic acids is 2. The Morgan fingerprint density at radius 1 is 1.07 bits per heavy atom. The molecule has 1 aromatic heterocycles. The second kappa shape index (κ2) is 9.22. The molecular weight excluding hydrogens is 394 g/mol. The number of nitrogens with zero attached hydrogens (tertiary/aromatic N) is 2. The van der Waals surface area contributed by atoms with E-state index in [4.69, 9.17) is 4.98 Å². The molecule has 1 aliphatic rings. The molecule has 0 aliphatic carbocycles. The third kappa shape index (κ3) is 4.76. The summed E-state index contributed by atoms with van der Waals surface area (Å²) in [6.07, 6.45) is 1.46. The minimum absolute atomic E-state index is 0.0174. The van der Waals surface area contributed by atoms with Crippen LogP contribution in [0, 0.1) is 5.92 Å². The van der Waals surface area contributed by atoms with Crippen LogP contribution in [0.15, 0.2) is 60.0 Å². The number of piperidine rings is 1. The summed E-state index contributed by atoms with van der Waals surface area (Å²) >= 11 is 1.63. The summed E-state index contributed by atoms with van der Waals surface area (Å²) in [6.45, 7) is 3.41. The minimum Gasteiger partial charge on any atom is -0.352 e. The molecule has 0 bridgehead atoms. The van der Waals surface area contributed by atoms with Crippen LogP contribution in [0.3, 0.4) is 0 Å². The second-order valence-corrected chi connectivity index (χ2v) is 8.46. The van der Waals surface area contributed by atoms with Gasteiger partial charge >= 0.3 is 0 Å². The van der Waals surface area contributed by atoms with Gasteiger partial charge < -0.3 is 10.2 Å². The molecule has 4 rings (SSSR count). The third-order valence-electron chi connectivity index (χ3n) is 5.53. The van der Waals surface area contributed by atoms with Gasteiger partial charge in [0.15, 0.2) is 0 Å². The van der Waals surface area contributed by atoms with Gasteiger partial charge in [-0.25, -0.2) is 4.98 Å². The molecule has 1 N–H and O–H groups in total. The lowest BCUT2D eigenvalue weighted by Gasteiger charge is -2.30. The molecule has 1 saturated heterocycles. The molecule has 0 radical (unpaired) electrons. The fourth-order valence-electron chi connectivity index (χ4n) is 3.75. The van der Waals surface area contributed by atoms with Gasteiger partial charge in [-0.1, -0.05) is 48.5 Å². The molecule has 0 spiro atoms. The van der Waals surface area contributed by atoms with Crippen LogP contribution < -0.4 is 5.32 Å². The van der Waals surface area contributed by atoms with Crippen LogP contribution in [0.1, 0.15) is 25.3 Å². The zero-order chi connectivity index (χ0) is 20.9. The van der Waals surface area contributed by atoms with Gasteiger partial charge in [0.1, 0.15) is 5.01 Å². The molecular formula is C24H25N3O2S. The highest BCUT2D eigenvalue weighted by Gasteiger charge is 2.25. The Morgan fingerprint density at radius 3 is 2.53 bits per heavy atom. The smallest absolute Gasteiger partial charge is 0.223 e. The van der Waals surface area contributed by atoms with Crippen LogP contribution >= 0.6 is 11.3 Å². The molecule has 1 aliphatic heterocycles. The van der Waals surface area contributed by atoms with E-state index >= 15 is 0 Å². The van der Waals surface area contributed by atoms with Crippen molar-refractivity contribution in [1.82, 2.24) is 15.2 Å². The first-order chi connectivity index (χ1) is 14.6. The lowest BCUT2D eigenvalue weighted by molar-refractivity contribution is -0.134. The number of benzene rings is 2. The number of hydrogen-bond acceptors (Lipinski definition) is 4. The summed E-state index contributed by atoms with van der Waals surface area (Å²) in [5.41, 5.74) is 4.20. The summed E-state index contributed by atoms with van der Waals surface area (Å²) in [5, 5.41) is 6.11. The van der Waals surface area contributed by atoms with E-state index in [0.717, 1.165) is 40.2 Å². The molecule has 6 heteroatoms. The highest BCUT2D eigenvalue weighted by Crippen LogP contribution is 2.29. The van der Waals surface area contributed by atoms with E-state index in [1.165, 1.54) is 0 Å². The molecule has 1 fully saturated rings. The van der Waals surface area contributed by atoms with Gasteiger partial charge in [-0.3, -0.25) is 9.59 Å². The fraction of sp³-hybridized carbons (Fsp3) is 0.292. The number of aromatic nitrogens is 1. The topological polar surface area (TPSA) is 62.3 Å². The maximum absolute atomic E-state index is 12.5. The first kappa shape index (κ1) is 20.3. The monoisotopic (exact) mass is 419 g/mol. The van der Waals surface area contributed by atoms with E-state index in [9.17, 15) is 9.59 Å². The number of thiazole rings is 1. The van der Waals surface area contributed by atoms with Crippen molar-refractivity contribution in [3.8, 4) is 21.8 Å². The number of likely N-dealkylation sites (tertiary alicyclic amines) is 1. The quantitative estimate of drug-likeness (QED) is 0.669. The fourth-order valence-corrected chi connectivity index (χ4v) is 4.58. The number of rotatable bonds is 5. The molecule has 2 heterocycles. The van der Waals surface area contributed by atoms with Gasteiger partial charge in [0.25, 0.3) is 0 Å². The zero-order valence-electron chi connectivity index (χ0n) is 17.0. The van der Waals surface area contributed by atoms with Gasteiger partial charge in [0.05, 0.1) is 5.69 Å². The Morgan fingerprint density at radius 2 is 1.80 bits per heavy atom. The Balaban J connectivity index is 1.37. The summed E-state index contributed by atoms with van der Waals surface area (Å²) in [6, 6.07) is 18.3. The highest BCUT2D eigenvalue weighted by molar-refractivity contribution is 7.13. The van der Waals surface area contributed by atoms with E-state index < -0.39 is 0 Å². The minimum atomic E-state index is -0.0174. The van der Waals surface area contributed by atoms with Crippen molar-refractivity contribution in [2.45, 2.75) is 26.3 Å². The van der Waals surface area contributed by atoms with Crippen molar-refractivity contribution in [3.05, 3.63) is 65.5 Å². The van der Waals surface area contributed by atoms with Crippen LogP contribution in [0.25, 0.3) is 21.8 Å². The Hall–Kier alpha value is -2.99. The van der Waals surface area contributed by atoms with Crippen molar-refractivity contribution in [1.29, 1.82) is 0 Å². The molecule has 0 unspecified atom stereocenters. The van der Waals surface area contributed by atoms with Crippen molar-refractivity contribution < 1.29 is 9.59 Å². The Kier molecular flexibility index (Phi) is 6.23. The lowest BCUT2D eigenvalue weighted by atomic mass is 9.96. The lowest BCUT2D eigenvalue weighted by Crippen LogP contribution is -2.42. The highest BCUT2D eigenvalue weighted by atomic mass is 32.1. The normalized spacial score (nSPS) is 14.5. The van der Waals surface area contributed by atoms with Crippen molar-refractivity contribution in [3.63, 3.8) is 0 Å². The van der Waals surface area contributed by atoms with E-state index in [2.05, 4.69) is 35.0 Å². The molecule has 154 valence electrons. The average Bonchev–Trinajstić information content (AvgIpc) is 3.29. The predicted molar refractivity (Wildman–Crippen MR) is 120 cm³/mol. The number of hydrogen-bond donors (Lipinski definition) is 1. The zero-order valence-corrected chi connectivity index (χ0v) is 17.8. The number of nitrogens with one attached hydrogen (secondary N) is 1. The standard InChI is InChI=1S/C24H25N3O2S/c1-17(28)27-12-10-20(11-13-27)23(29)25-15-18-6-5-9-21(14-18)24-26-22(16-30-24)19-7-3-2-4-8-19/h2-9,14,16,20H,10-13,15H2,1H3,(H,25,29).